The molecule has 0 radical (unpaired) electrons. The fraction of sp³-hybridized carbons (Fsp3) is 0.917. The Balaban J connectivity index is 2.49. The van der Waals surface area contributed by atoms with Crippen LogP contribution in [0, 0.1) is 5.41 Å². The number of carbonyl (C=O) groups excluding carboxylic acids is 1. The molecule has 0 aromatic carbocycles. The number of alkyl halides is 3. The van der Waals surface area contributed by atoms with Crippen LogP contribution in [0.5, 0.6) is 0 Å². The summed E-state index contributed by atoms with van der Waals surface area (Å²) in [6.07, 6.45) is -2.14. The van der Waals surface area contributed by atoms with E-state index in [0.29, 0.717) is 12.8 Å². The van der Waals surface area contributed by atoms with Gasteiger partial charge in [-0.2, -0.15) is 13.2 Å². The van der Waals surface area contributed by atoms with E-state index in [-0.39, 0.29) is 12.5 Å². The van der Waals surface area contributed by atoms with Gasteiger partial charge in [-0.05, 0) is 32.4 Å². The van der Waals surface area contributed by atoms with Crippen LogP contribution in [0.15, 0.2) is 0 Å². The first-order chi connectivity index (χ1) is 8.40. The summed E-state index contributed by atoms with van der Waals surface area (Å²) in [4.78, 5) is 12.1. The molecule has 1 saturated heterocycles. The maximum atomic E-state index is 12.1. The van der Waals surface area contributed by atoms with Gasteiger partial charge in [-0.1, -0.05) is 13.3 Å². The summed E-state index contributed by atoms with van der Waals surface area (Å²) >= 11 is 0. The van der Waals surface area contributed by atoms with Crippen molar-refractivity contribution in [2.75, 3.05) is 19.6 Å². The monoisotopic (exact) mass is 266 g/mol. The van der Waals surface area contributed by atoms with Gasteiger partial charge in [-0.25, -0.2) is 0 Å². The van der Waals surface area contributed by atoms with E-state index in [1.54, 1.807) is 0 Å². The lowest BCUT2D eigenvalue weighted by molar-refractivity contribution is -0.140. The highest BCUT2D eigenvalue weighted by molar-refractivity contribution is 5.82. The number of nitrogens with one attached hydrogen (secondary N) is 2. The van der Waals surface area contributed by atoms with Crippen LogP contribution in [0.2, 0.25) is 0 Å². The van der Waals surface area contributed by atoms with Crippen molar-refractivity contribution in [3.05, 3.63) is 0 Å². The van der Waals surface area contributed by atoms with Crippen molar-refractivity contribution in [1.29, 1.82) is 0 Å². The highest BCUT2D eigenvalue weighted by Crippen LogP contribution is 2.34. The summed E-state index contributed by atoms with van der Waals surface area (Å²) < 4.78 is 36.1. The van der Waals surface area contributed by atoms with E-state index in [1.165, 1.54) is 0 Å². The Morgan fingerprint density at radius 1 is 1.33 bits per heavy atom. The molecule has 1 aliphatic heterocycles. The van der Waals surface area contributed by atoms with Crippen molar-refractivity contribution in [2.45, 2.75) is 45.2 Å². The summed E-state index contributed by atoms with van der Waals surface area (Å²) in [7, 11) is 0. The first-order valence-electron chi connectivity index (χ1n) is 6.45. The molecule has 2 N–H and O–H groups in total. The number of piperidine rings is 1. The van der Waals surface area contributed by atoms with Gasteiger partial charge in [-0.3, -0.25) is 4.79 Å². The average Bonchev–Trinajstić information content (AvgIpc) is 2.29. The van der Waals surface area contributed by atoms with Crippen LogP contribution in [0.3, 0.4) is 0 Å². The minimum Gasteiger partial charge on any atom is -0.355 e. The predicted octanol–water partition coefficient (Wildman–Crippen LogP) is 2.22. The largest absolute Gasteiger partial charge is 0.390 e. The molecule has 106 valence electrons. The molecule has 0 aromatic heterocycles. The van der Waals surface area contributed by atoms with E-state index in [2.05, 4.69) is 10.6 Å². The second-order valence-corrected chi connectivity index (χ2v) is 4.90. The highest BCUT2D eigenvalue weighted by atomic mass is 19.4. The number of hydrogen-bond acceptors (Lipinski definition) is 2. The van der Waals surface area contributed by atoms with Crippen molar-refractivity contribution in [2.24, 2.45) is 5.41 Å². The smallest absolute Gasteiger partial charge is 0.355 e. The Hall–Kier alpha value is -0.780. The third kappa shape index (κ3) is 4.48. The van der Waals surface area contributed by atoms with Gasteiger partial charge in [0.05, 0.1) is 11.8 Å². The number of carbonyl (C=O) groups is 1. The zero-order chi connectivity index (χ0) is 13.6. The molecule has 0 aliphatic carbocycles. The molecule has 1 aliphatic rings. The van der Waals surface area contributed by atoms with Gasteiger partial charge in [-0.15, -0.1) is 0 Å². The normalized spacial score (nSPS) is 19.6. The first-order valence-corrected chi connectivity index (χ1v) is 6.45. The maximum absolute atomic E-state index is 12.1. The number of amides is 1. The summed E-state index contributed by atoms with van der Waals surface area (Å²) in [6, 6.07) is 0. The molecule has 1 amide bonds. The molecule has 0 bridgehead atoms. The van der Waals surface area contributed by atoms with Gasteiger partial charge in [0.1, 0.15) is 0 Å². The van der Waals surface area contributed by atoms with E-state index >= 15 is 0 Å². The molecule has 0 aromatic rings. The van der Waals surface area contributed by atoms with Crippen LogP contribution in [0.4, 0.5) is 13.2 Å². The SMILES string of the molecule is CCCC1(C(=O)NCCC(F)(F)F)CCNCC1. The lowest BCUT2D eigenvalue weighted by Crippen LogP contribution is -2.48. The van der Waals surface area contributed by atoms with Crippen LogP contribution < -0.4 is 10.6 Å². The van der Waals surface area contributed by atoms with Crippen molar-refractivity contribution >= 4 is 5.91 Å². The molecule has 1 heterocycles. The van der Waals surface area contributed by atoms with Crippen LogP contribution in [0.25, 0.3) is 0 Å². The Bertz CT molecular complexity index is 267. The Morgan fingerprint density at radius 3 is 2.44 bits per heavy atom. The zero-order valence-corrected chi connectivity index (χ0v) is 10.7. The quantitative estimate of drug-likeness (QED) is 0.801. The molecule has 1 fully saturated rings. The minimum atomic E-state index is -4.21. The molecule has 0 unspecified atom stereocenters. The Morgan fingerprint density at radius 2 is 1.94 bits per heavy atom. The third-order valence-electron chi connectivity index (χ3n) is 3.46. The van der Waals surface area contributed by atoms with E-state index in [9.17, 15) is 18.0 Å². The zero-order valence-electron chi connectivity index (χ0n) is 10.7. The van der Waals surface area contributed by atoms with E-state index < -0.39 is 18.0 Å². The van der Waals surface area contributed by atoms with Gasteiger partial charge >= 0.3 is 6.18 Å². The van der Waals surface area contributed by atoms with Gasteiger partial charge in [0.2, 0.25) is 5.91 Å². The summed E-state index contributed by atoms with van der Waals surface area (Å²) in [5.74, 6) is -0.213. The number of halogens is 3. The molecule has 0 atom stereocenters. The van der Waals surface area contributed by atoms with Crippen molar-refractivity contribution < 1.29 is 18.0 Å². The second-order valence-electron chi connectivity index (χ2n) is 4.90. The number of rotatable bonds is 5. The van der Waals surface area contributed by atoms with Crippen molar-refractivity contribution in [1.82, 2.24) is 10.6 Å². The fourth-order valence-corrected chi connectivity index (χ4v) is 2.48. The van der Waals surface area contributed by atoms with Crippen LogP contribution in [0.1, 0.15) is 39.0 Å². The number of hydrogen-bond donors (Lipinski definition) is 2. The summed E-state index contributed by atoms with van der Waals surface area (Å²) in [6.45, 7) is 3.19. The van der Waals surface area contributed by atoms with Gasteiger partial charge < -0.3 is 10.6 Å². The van der Waals surface area contributed by atoms with Crippen LogP contribution in [-0.2, 0) is 4.79 Å². The predicted molar refractivity (Wildman–Crippen MR) is 63.1 cm³/mol. The molecule has 18 heavy (non-hydrogen) atoms. The lowest BCUT2D eigenvalue weighted by atomic mass is 9.74. The van der Waals surface area contributed by atoms with Gasteiger partial charge in [0.15, 0.2) is 0 Å². The van der Waals surface area contributed by atoms with Crippen molar-refractivity contribution in [3.8, 4) is 0 Å². The van der Waals surface area contributed by atoms with E-state index in [0.717, 1.165) is 25.9 Å². The Kier molecular flexibility index (Phi) is 5.44. The maximum Gasteiger partial charge on any atom is 0.390 e. The Labute approximate surface area is 106 Å². The lowest BCUT2D eigenvalue weighted by Gasteiger charge is -2.36. The molecule has 0 spiro atoms. The van der Waals surface area contributed by atoms with Gasteiger partial charge in [0.25, 0.3) is 0 Å². The summed E-state index contributed by atoms with van der Waals surface area (Å²) in [5.41, 5.74) is -0.467. The molecule has 1 rings (SSSR count). The van der Waals surface area contributed by atoms with Crippen LogP contribution in [-0.4, -0.2) is 31.7 Å². The molecular weight excluding hydrogens is 245 g/mol. The summed E-state index contributed by atoms with van der Waals surface area (Å²) in [5, 5.41) is 5.62. The molecular formula is C12H21F3N2O. The topological polar surface area (TPSA) is 41.1 Å². The molecule has 6 heteroatoms. The van der Waals surface area contributed by atoms with Crippen LogP contribution >= 0.6 is 0 Å². The third-order valence-corrected chi connectivity index (χ3v) is 3.46. The molecule has 0 saturated carbocycles. The first kappa shape index (κ1) is 15.3. The fourth-order valence-electron chi connectivity index (χ4n) is 2.48. The second kappa shape index (κ2) is 6.41. The van der Waals surface area contributed by atoms with Gasteiger partial charge in [0, 0.05) is 6.54 Å². The minimum absolute atomic E-state index is 0.213. The average molecular weight is 266 g/mol. The highest BCUT2D eigenvalue weighted by Gasteiger charge is 2.38. The van der Waals surface area contributed by atoms with E-state index in [1.807, 2.05) is 6.92 Å². The van der Waals surface area contributed by atoms with Crippen molar-refractivity contribution in [3.63, 3.8) is 0 Å². The standard InChI is InChI=1S/C12H21F3N2O/c1-2-3-11(4-7-16-8-5-11)10(18)17-9-6-12(13,14)15/h16H,2-9H2,1H3,(H,17,18). The van der Waals surface area contributed by atoms with E-state index in [4.69, 9.17) is 0 Å². The molecule has 3 nitrogen and oxygen atoms in total.